The molecule has 110 valence electrons. The number of benzene rings is 1. The lowest BCUT2D eigenvalue weighted by molar-refractivity contribution is 0.0580. The van der Waals surface area contributed by atoms with Crippen LogP contribution in [0.1, 0.15) is 36.5 Å². The second-order valence-corrected chi connectivity index (χ2v) is 5.28. The molecule has 1 aliphatic heterocycles. The van der Waals surface area contributed by atoms with Gasteiger partial charge in [-0.05, 0) is 38.3 Å². The standard InChI is InChI=1S/C15H22N2O3/c1-10(16)12-7-3-4-9-17(12)15(19)11-6-5-8-13(20-2)14(11)18/h5-6,8,10,12,18H,3-4,7,9,16H2,1-2H3. The Morgan fingerprint density at radius 1 is 1.50 bits per heavy atom. The Hall–Kier alpha value is -1.75. The van der Waals surface area contributed by atoms with E-state index in [0.717, 1.165) is 19.3 Å². The van der Waals surface area contributed by atoms with Crippen LogP contribution >= 0.6 is 0 Å². The van der Waals surface area contributed by atoms with Crippen molar-refractivity contribution in [1.29, 1.82) is 0 Å². The first-order valence-electron chi connectivity index (χ1n) is 6.98. The number of nitrogens with zero attached hydrogens (tertiary/aromatic N) is 1. The van der Waals surface area contributed by atoms with Crippen LogP contribution in [-0.2, 0) is 0 Å². The molecule has 2 unspecified atom stereocenters. The summed E-state index contributed by atoms with van der Waals surface area (Å²) >= 11 is 0. The molecule has 2 rings (SSSR count). The fraction of sp³-hybridized carbons (Fsp3) is 0.533. The first-order chi connectivity index (χ1) is 9.56. The quantitative estimate of drug-likeness (QED) is 0.883. The van der Waals surface area contributed by atoms with Crippen LogP contribution in [0.25, 0.3) is 0 Å². The SMILES string of the molecule is COc1cccc(C(=O)N2CCCCC2C(C)N)c1O. The third-order valence-electron chi connectivity index (χ3n) is 3.87. The summed E-state index contributed by atoms with van der Waals surface area (Å²) in [6, 6.07) is 4.91. The number of nitrogens with two attached hydrogens (primary N) is 1. The van der Waals surface area contributed by atoms with Gasteiger partial charge in [0.25, 0.3) is 5.91 Å². The summed E-state index contributed by atoms with van der Waals surface area (Å²) in [5.74, 6) is 0.0302. The summed E-state index contributed by atoms with van der Waals surface area (Å²) in [5, 5.41) is 10.1. The number of hydrogen-bond donors (Lipinski definition) is 2. The topological polar surface area (TPSA) is 75.8 Å². The average Bonchev–Trinajstić information content (AvgIpc) is 2.46. The molecule has 0 bridgehead atoms. The van der Waals surface area contributed by atoms with Crippen molar-refractivity contribution in [2.24, 2.45) is 5.73 Å². The predicted octanol–water partition coefficient (Wildman–Crippen LogP) is 1.74. The van der Waals surface area contributed by atoms with Crippen molar-refractivity contribution < 1.29 is 14.6 Å². The lowest BCUT2D eigenvalue weighted by Gasteiger charge is -2.38. The van der Waals surface area contributed by atoms with Gasteiger partial charge < -0.3 is 20.5 Å². The van der Waals surface area contributed by atoms with Gasteiger partial charge in [0, 0.05) is 18.6 Å². The molecule has 1 fully saturated rings. The summed E-state index contributed by atoms with van der Waals surface area (Å²) in [4.78, 5) is 14.4. The highest BCUT2D eigenvalue weighted by atomic mass is 16.5. The Morgan fingerprint density at radius 3 is 2.90 bits per heavy atom. The normalized spacial score (nSPS) is 20.6. The van der Waals surface area contributed by atoms with Crippen LogP contribution in [0.4, 0.5) is 0 Å². The molecule has 1 saturated heterocycles. The molecule has 2 atom stereocenters. The number of carbonyl (C=O) groups is 1. The maximum Gasteiger partial charge on any atom is 0.258 e. The van der Waals surface area contributed by atoms with Gasteiger partial charge >= 0.3 is 0 Å². The summed E-state index contributed by atoms with van der Waals surface area (Å²) in [6.07, 6.45) is 2.97. The number of piperidine rings is 1. The average molecular weight is 278 g/mol. The molecule has 1 heterocycles. The third kappa shape index (κ3) is 2.72. The van der Waals surface area contributed by atoms with Gasteiger partial charge in [-0.1, -0.05) is 6.07 Å². The van der Waals surface area contributed by atoms with E-state index in [0.29, 0.717) is 12.3 Å². The van der Waals surface area contributed by atoms with Crippen LogP contribution in [0, 0.1) is 0 Å². The number of ether oxygens (including phenoxy) is 1. The van der Waals surface area contributed by atoms with Gasteiger partial charge in [-0.3, -0.25) is 4.79 Å². The van der Waals surface area contributed by atoms with Crippen LogP contribution in [0.5, 0.6) is 11.5 Å². The predicted molar refractivity (Wildman–Crippen MR) is 77.0 cm³/mol. The molecule has 1 aromatic rings. The number of para-hydroxylation sites is 1. The highest BCUT2D eigenvalue weighted by Crippen LogP contribution is 2.32. The Labute approximate surface area is 119 Å². The van der Waals surface area contributed by atoms with E-state index in [1.807, 2.05) is 6.92 Å². The molecular formula is C15H22N2O3. The van der Waals surface area contributed by atoms with Crippen LogP contribution in [0.3, 0.4) is 0 Å². The molecular weight excluding hydrogens is 256 g/mol. The van der Waals surface area contributed by atoms with Crippen molar-refractivity contribution in [3.8, 4) is 11.5 Å². The van der Waals surface area contributed by atoms with E-state index in [-0.39, 0.29) is 29.3 Å². The molecule has 1 amide bonds. The van der Waals surface area contributed by atoms with Gasteiger partial charge in [0.2, 0.25) is 0 Å². The zero-order valence-electron chi connectivity index (χ0n) is 12.0. The lowest BCUT2D eigenvalue weighted by Crippen LogP contribution is -2.51. The van der Waals surface area contributed by atoms with Crippen molar-refractivity contribution in [2.45, 2.75) is 38.3 Å². The van der Waals surface area contributed by atoms with Gasteiger partial charge in [0.1, 0.15) is 0 Å². The van der Waals surface area contributed by atoms with Gasteiger partial charge in [-0.15, -0.1) is 0 Å². The number of carbonyl (C=O) groups excluding carboxylic acids is 1. The minimum Gasteiger partial charge on any atom is -0.504 e. The van der Waals surface area contributed by atoms with Crippen molar-refractivity contribution >= 4 is 5.91 Å². The van der Waals surface area contributed by atoms with Gasteiger partial charge in [-0.25, -0.2) is 0 Å². The molecule has 0 aliphatic carbocycles. The molecule has 5 heteroatoms. The van der Waals surface area contributed by atoms with Gasteiger partial charge in [0.05, 0.1) is 12.7 Å². The molecule has 0 aromatic heterocycles. The van der Waals surface area contributed by atoms with E-state index in [4.69, 9.17) is 10.5 Å². The maximum atomic E-state index is 12.7. The minimum absolute atomic E-state index is 0.0295. The van der Waals surface area contributed by atoms with E-state index in [2.05, 4.69) is 0 Å². The van der Waals surface area contributed by atoms with Gasteiger partial charge in [-0.2, -0.15) is 0 Å². The van der Waals surface area contributed by atoms with Crippen LogP contribution < -0.4 is 10.5 Å². The zero-order valence-corrected chi connectivity index (χ0v) is 12.0. The minimum atomic E-state index is -0.177. The first kappa shape index (κ1) is 14.7. The van der Waals surface area contributed by atoms with Crippen molar-refractivity contribution in [3.05, 3.63) is 23.8 Å². The van der Waals surface area contributed by atoms with Crippen molar-refractivity contribution in [2.75, 3.05) is 13.7 Å². The summed E-state index contributed by atoms with van der Waals surface area (Å²) in [7, 11) is 1.47. The second kappa shape index (κ2) is 6.13. The molecule has 0 saturated carbocycles. The Morgan fingerprint density at radius 2 is 2.25 bits per heavy atom. The fourth-order valence-electron chi connectivity index (χ4n) is 2.77. The number of phenolic OH excluding ortho intramolecular Hbond substituents is 1. The van der Waals surface area contributed by atoms with E-state index >= 15 is 0 Å². The van der Waals surface area contributed by atoms with Crippen molar-refractivity contribution in [1.82, 2.24) is 4.90 Å². The molecule has 1 aromatic carbocycles. The van der Waals surface area contributed by atoms with Crippen LogP contribution in [0.15, 0.2) is 18.2 Å². The number of rotatable bonds is 3. The fourth-order valence-corrected chi connectivity index (χ4v) is 2.77. The highest BCUT2D eigenvalue weighted by Gasteiger charge is 2.31. The molecule has 20 heavy (non-hydrogen) atoms. The maximum absolute atomic E-state index is 12.7. The van der Waals surface area contributed by atoms with Gasteiger partial charge in [0.15, 0.2) is 11.5 Å². The lowest BCUT2D eigenvalue weighted by atomic mass is 9.96. The monoisotopic (exact) mass is 278 g/mol. The number of hydrogen-bond acceptors (Lipinski definition) is 4. The van der Waals surface area contributed by atoms with E-state index in [1.54, 1.807) is 23.1 Å². The molecule has 1 aliphatic rings. The zero-order chi connectivity index (χ0) is 14.7. The Balaban J connectivity index is 2.30. The van der Waals surface area contributed by atoms with Crippen LogP contribution in [0.2, 0.25) is 0 Å². The van der Waals surface area contributed by atoms with E-state index < -0.39 is 0 Å². The largest absolute Gasteiger partial charge is 0.504 e. The number of aromatic hydroxyl groups is 1. The summed E-state index contributed by atoms with van der Waals surface area (Å²) in [6.45, 7) is 2.60. The number of likely N-dealkylation sites (tertiary alicyclic amines) is 1. The van der Waals surface area contributed by atoms with Crippen LogP contribution in [-0.4, -0.2) is 41.7 Å². The highest BCUT2D eigenvalue weighted by molar-refractivity contribution is 5.98. The summed E-state index contributed by atoms with van der Waals surface area (Å²) in [5.41, 5.74) is 6.26. The molecule has 0 spiro atoms. The number of methoxy groups -OCH3 is 1. The van der Waals surface area contributed by atoms with E-state index in [9.17, 15) is 9.90 Å². The third-order valence-corrected chi connectivity index (χ3v) is 3.87. The Kier molecular flexibility index (Phi) is 4.49. The summed E-state index contributed by atoms with van der Waals surface area (Å²) < 4.78 is 5.05. The second-order valence-electron chi connectivity index (χ2n) is 5.28. The first-order valence-corrected chi connectivity index (χ1v) is 6.98. The molecule has 3 N–H and O–H groups in total. The molecule has 0 radical (unpaired) electrons. The Bertz CT molecular complexity index is 488. The molecule has 5 nitrogen and oxygen atoms in total. The smallest absolute Gasteiger partial charge is 0.258 e. The van der Waals surface area contributed by atoms with E-state index in [1.165, 1.54) is 7.11 Å². The number of phenols is 1. The number of amides is 1. The van der Waals surface area contributed by atoms with Crippen molar-refractivity contribution in [3.63, 3.8) is 0 Å².